The molecule has 4 aromatic heterocycles. The van der Waals surface area contributed by atoms with Crippen LogP contribution in [0.25, 0.3) is 44.6 Å². The Bertz CT molecular complexity index is 2470. The van der Waals surface area contributed by atoms with E-state index >= 15 is 0 Å². The molecular formula is C27H20N10O6. The van der Waals surface area contributed by atoms with Gasteiger partial charge in [-0.15, -0.1) is 10.2 Å². The summed E-state index contributed by atoms with van der Waals surface area (Å²) < 4.78 is 13.8. The topological polar surface area (TPSA) is 204 Å². The number of carbonyl (C=O) groups is 1. The number of aromatic nitrogens is 10. The number of hydrogen-bond donors (Lipinski definition) is 2. The van der Waals surface area contributed by atoms with Crippen LogP contribution in [0.2, 0.25) is 0 Å². The van der Waals surface area contributed by atoms with E-state index in [1.165, 1.54) is 11.6 Å². The maximum atomic E-state index is 12.8. The maximum Gasteiger partial charge on any atom is 0.272 e. The molecule has 0 amide bonds. The van der Waals surface area contributed by atoms with Gasteiger partial charge in [0.15, 0.2) is 5.82 Å². The van der Waals surface area contributed by atoms with Gasteiger partial charge in [0, 0.05) is 23.3 Å². The summed E-state index contributed by atoms with van der Waals surface area (Å²) in [5.41, 5.74) is 0.610. The van der Waals surface area contributed by atoms with Crippen molar-refractivity contribution >= 4 is 39.1 Å². The van der Waals surface area contributed by atoms with E-state index in [0.717, 1.165) is 12.1 Å². The number of methoxy groups -OCH3 is 2. The number of carbonyl (C=O) groups excluding carboxylic acids is 1. The number of ether oxygens (including phenoxy) is 2. The van der Waals surface area contributed by atoms with Gasteiger partial charge in [0.05, 0.1) is 25.3 Å². The van der Waals surface area contributed by atoms with Crippen LogP contribution in [-0.2, 0) is 6.42 Å². The van der Waals surface area contributed by atoms with Crippen molar-refractivity contribution in [1.29, 1.82) is 0 Å². The van der Waals surface area contributed by atoms with Crippen molar-refractivity contribution in [2.45, 2.75) is 20.3 Å². The van der Waals surface area contributed by atoms with Gasteiger partial charge in [-0.05, 0) is 25.1 Å². The highest BCUT2D eigenvalue weighted by molar-refractivity contribution is 6.22. The molecule has 0 atom stereocenters. The van der Waals surface area contributed by atoms with Gasteiger partial charge >= 0.3 is 0 Å². The third kappa shape index (κ3) is 3.62. The summed E-state index contributed by atoms with van der Waals surface area (Å²) in [6.45, 7) is 3.69. The summed E-state index contributed by atoms with van der Waals surface area (Å²) in [6.07, 6.45) is 0.657. The summed E-state index contributed by atoms with van der Waals surface area (Å²) in [6, 6.07) is 5.67. The first-order valence-corrected chi connectivity index (χ1v) is 12.9. The molecule has 0 saturated carbocycles. The van der Waals surface area contributed by atoms with Gasteiger partial charge < -0.3 is 9.47 Å². The Labute approximate surface area is 238 Å². The van der Waals surface area contributed by atoms with Gasteiger partial charge in [0.1, 0.15) is 39.7 Å². The molecule has 43 heavy (non-hydrogen) atoms. The van der Waals surface area contributed by atoms with E-state index in [2.05, 4.69) is 40.6 Å². The largest absolute Gasteiger partial charge is 0.496 e. The standard InChI is InChI=1S/C15H13N5O3.C12H7N5O3/c1-4-9-17-18-15-16-13-12(19-20(9)15)10-7(22-2)5-6-8(23-3)11(10)14(13)21;1-4-14-15-12-13-9-5-2-7(18)8(19)3-6(5)11(20)10(9)16-17(4)12/h5-6H,4H2,1-3H3;2-3,16H,1H3,(H,13,15). The predicted octanol–water partition coefficient (Wildman–Crippen LogP) is 0.829. The molecule has 0 aliphatic heterocycles. The molecule has 0 saturated heterocycles. The Morgan fingerprint density at radius 2 is 1.58 bits per heavy atom. The monoisotopic (exact) mass is 580 g/mol. The highest BCUT2D eigenvalue weighted by Gasteiger charge is 2.37. The van der Waals surface area contributed by atoms with Crippen LogP contribution in [-0.4, -0.2) is 69.6 Å². The van der Waals surface area contributed by atoms with Crippen LogP contribution in [0, 0.1) is 6.92 Å². The molecule has 8 rings (SSSR count). The molecular weight excluding hydrogens is 560 g/mol. The molecule has 4 heterocycles. The van der Waals surface area contributed by atoms with Crippen molar-refractivity contribution < 1.29 is 14.3 Å². The zero-order valence-electron chi connectivity index (χ0n) is 23.0. The Hall–Kier alpha value is -6.06. The zero-order valence-corrected chi connectivity index (χ0v) is 23.0. The van der Waals surface area contributed by atoms with Gasteiger partial charge in [-0.25, -0.2) is 19.6 Å². The van der Waals surface area contributed by atoms with Crippen molar-refractivity contribution in [2.24, 2.45) is 0 Å². The molecule has 214 valence electrons. The first-order valence-electron chi connectivity index (χ1n) is 12.9. The van der Waals surface area contributed by atoms with Crippen LogP contribution in [0.15, 0.2) is 38.6 Å². The number of benzene rings is 2. The molecule has 1 aliphatic carbocycles. The van der Waals surface area contributed by atoms with Crippen molar-refractivity contribution in [3.05, 3.63) is 77.8 Å². The number of aryl methyl sites for hydroxylation is 2. The van der Waals surface area contributed by atoms with Crippen molar-refractivity contribution in [3.63, 3.8) is 0 Å². The third-order valence-electron chi connectivity index (χ3n) is 7.23. The molecule has 16 nitrogen and oxygen atoms in total. The average molecular weight is 581 g/mol. The van der Waals surface area contributed by atoms with E-state index in [9.17, 15) is 19.2 Å². The Morgan fingerprint density at radius 3 is 2.28 bits per heavy atom. The molecule has 0 radical (unpaired) electrons. The van der Waals surface area contributed by atoms with Crippen molar-refractivity contribution in [2.75, 3.05) is 14.2 Å². The molecule has 16 heteroatoms. The van der Waals surface area contributed by atoms with Crippen LogP contribution in [0.1, 0.15) is 34.6 Å². The zero-order chi connectivity index (χ0) is 30.2. The van der Waals surface area contributed by atoms with E-state index in [1.807, 2.05) is 6.92 Å². The molecule has 1 aliphatic rings. The normalized spacial score (nSPS) is 12.1. The van der Waals surface area contributed by atoms with Gasteiger partial charge in [-0.1, -0.05) is 6.92 Å². The minimum Gasteiger partial charge on any atom is -0.496 e. The van der Waals surface area contributed by atoms with Crippen molar-refractivity contribution in [3.8, 4) is 22.8 Å². The second-order valence-corrected chi connectivity index (χ2v) is 9.59. The van der Waals surface area contributed by atoms with Gasteiger partial charge in [0.2, 0.25) is 27.8 Å². The predicted molar refractivity (Wildman–Crippen MR) is 151 cm³/mol. The summed E-state index contributed by atoms with van der Waals surface area (Å²) in [5.74, 6) is 2.78. The number of rotatable bonds is 3. The van der Waals surface area contributed by atoms with E-state index < -0.39 is 10.9 Å². The fraction of sp³-hybridized carbons (Fsp3) is 0.185. The van der Waals surface area contributed by atoms with Crippen LogP contribution >= 0.6 is 0 Å². The second-order valence-electron chi connectivity index (χ2n) is 9.59. The van der Waals surface area contributed by atoms with Crippen LogP contribution in [0.4, 0.5) is 0 Å². The lowest BCUT2D eigenvalue weighted by molar-refractivity contribution is 0.103. The summed E-state index contributed by atoms with van der Waals surface area (Å²) in [5, 5.41) is 22.7. The highest BCUT2D eigenvalue weighted by atomic mass is 16.5. The second kappa shape index (κ2) is 9.23. The number of hydrogen-bond acceptors (Lipinski definition) is 12. The average Bonchev–Trinajstić information content (AvgIpc) is 3.74. The lowest BCUT2D eigenvalue weighted by atomic mass is 10.1. The quantitative estimate of drug-likeness (QED) is 0.279. The molecule has 0 spiro atoms. The fourth-order valence-corrected chi connectivity index (χ4v) is 5.16. The van der Waals surface area contributed by atoms with E-state index in [4.69, 9.17) is 9.47 Å². The molecule has 7 aromatic rings. The van der Waals surface area contributed by atoms with E-state index in [0.29, 0.717) is 68.8 Å². The van der Waals surface area contributed by atoms with Crippen LogP contribution in [0.3, 0.4) is 0 Å². The first-order chi connectivity index (χ1) is 20.7. The minimum atomic E-state index is -0.694. The SMILES string of the molecule is CCc1nnc2nc3c(nn12)-c1c(OC)ccc(OC)c1C3=O.Cc1n[nH]c2nc3c([nH]n12)c(=O)c1cc(=O)c(=O)cc13. The molecule has 3 aromatic carbocycles. The number of ketones is 1. The van der Waals surface area contributed by atoms with E-state index in [1.54, 1.807) is 30.7 Å². The van der Waals surface area contributed by atoms with Gasteiger partial charge in [-0.2, -0.15) is 14.7 Å². The van der Waals surface area contributed by atoms with Gasteiger partial charge in [0.25, 0.3) is 5.78 Å². The molecule has 0 bridgehead atoms. The van der Waals surface area contributed by atoms with Gasteiger partial charge in [-0.3, -0.25) is 24.3 Å². The minimum absolute atomic E-state index is 0.201. The summed E-state index contributed by atoms with van der Waals surface area (Å²) in [4.78, 5) is 56.5. The first kappa shape index (κ1) is 25.9. The van der Waals surface area contributed by atoms with Crippen molar-refractivity contribution in [1.82, 2.24) is 49.6 Å². The number of fused-ring (bicyclic) bond motifs is 8. The number of nitrogens with zero attached hydrogens (tertiary/aromatic N) is 8. The van der Waals surface area contributed by atoms with Crippen LogP contribution < -0.4 is 25.8 Å². The van der Waals surface area contributed by atoms with E-state index in [-0.39, 0.29) is 27.8 Å². The Kier molecular flexibility index (Phi) is 5.56. The molecule has 2 N–H and O–H groups in total. The highest BCUT2D eigenvalue weighted by Crippen LogP contribution is 2.44. The lowest BCUT2D eigenvalue weighted by Gasteiger charge is -2.10. The summed E-state index contributed by atoms with van der Waals surface area (Å²) in [7, 11) is 3.07. The lowest BCUT2D eigenvalue weighted by Crippen LogP contribution is -2.21. The maximum absolute atomic E-state index is 12.8. The number of aromatic amines is 2. The van der Waals surface area contributed by atoms with Crippen LogP contribution in [0.5, 0.6) is 11.5 Å². The fourth-order valence-electron chi connectivity index (χ4n) is 5.16. The number of nitrogens with one attached hydrogen (secondary N) is 2. The third-order valence-corrected chi connectivity index (χ3v) is 7.23. The smallest absolute Gasteiger partial charge is 0.272 e. The molecule has 0 unspecified atom stereocenters. The Balaban J connectivity index is 0.000000141. The number of H-pyrrole nitrogens is 2. The summed E-state index contributed by atoms with van der Waals surface area (Å²) >= 11 is 0. The Morgan fingerprint density at radius 1 is 0.884 bits per heavy atom. The molecule has 0 fully saturated rings.